The van der Waals surface area contributed by atoms with Crippen molar-refractivity contribution >= 4 is 0 Å². The zero-order valence-corrected chi connectivity index (χ0v) is 9.05. The molecule has 0 bridgehead atoms. The summed E-state index contributed by atoms with van der Waals surface area (Å²) in [4.78, 5) is 0. The van der Waals surface area contributed by atoms with Gasteiger partial charge in [0.2, 0.25) is 0 Å². The van der Waals surface area contributed by atoms with E-state index in [1.807, 2.05) is 0 Å². The molecular weight excluding hydrogens is 285 g/mol. The fourth-order valence-electron chi connectivity index (χ4n) is 0.887. The fraction of sp³-hybridized carbons (Fsp3) is 0.300. The van der Waals surface area contributed by atoms with Gasteiger partial charge in [-0.15, -0.1) is 12.1 Å². The predicted molar refractivity (Wildman–Crippen MR) is 44.9 cm³/mol. The summed E-state index contributed by atoms with van der Waals surface area (Å²) in [5, 5.41) is 0. The maximum atomic E-state index is 2.16. The van der Waals surface area contributed by atoms with Crippen LogP contribution < -0.4 is 0 Å². The minimum atomic E-state index is 0. The fourth-order valence-corrected chi connectivity index (χ4v) is 0.887. The molecule has 0 aliphatic heterocycles. The topological polar surface area (TPSA) is 0 Å². The standard InChI is InChI=1S/C10H13.Ho/c1-8(2)10-6-4-9(3)5-7-10;/h4-7H,1-3H3;/q-1;. The van der Waals surface area contributed by atoms with E-state index in [4.69, 9.17) is 0 Å². The summed E-state index contributed by atoms with van der Waals surface area (Å²) in [5.74, 6) is 1.38. The smallest absolute Gasteiger partial charge is 0 e. The Morgan fingerprint density at radius 1 is 1.00 bits per heavy atom. The first kappa shape index (κ1) is 11.3. The van der Waals surface area contributed by atoms with Crippen molar-refractivity contribution in [2.45, 2.75) is 20.8 Å². The van der Waals surface area contributed by atoms with Crippen molar-refractivity contribution < 1.29 is 37.7 Å². The summed E-state index contributed by atoms with van der Waals surface area (Å²) in [6.45, 7) is 6.37. The van der Waals surface area contributed by atoms with Crippen molar-refractivity contribution in [3.05, 3.63) is 41.3 Å². The second-order valence-electron chi connectivity index (χ2n) is 2.87. The molecule has 0 heterocycles. The molecule has 1 aromatic rings. The van der Waals surface area contributed by atoms with Crippen LogP contribution in [0.2, 0.25) is 0 Å². The maximum absolute atomic E-state index is 2.16. The van der Waals surface area contributed by atoms with Crippen LogP contribution in [0.1, 0.15) is 25.0 Å². The minimum Gasteiger partial charge on any atom is -0.189 e. The van der Waals surface area contributed by atoms with E-state index in [-0.39, 0.29) is 37.7 Å². The third-order valence-corrected chi connectivity index (χ3v) is 1.63. The average Bonchev–Trinajstić information content (AvgIpc) is 1.88. The molecule has 0 saturated heterocycles. The summed E-state index contributed by atoms with van der Waals surface area (Å²) in [6, 6.07) is 8.60. The summed E-state index contributed by atoms with van der Waals surface area (Å²) >= 11 is 0. The molecule has 0 nitrogen and oxygen atoms in total. The first-order chi connectivity index (χ1) is 4.70. The maximum Gasteiger partial charge on any atom is 0 e. The molecule has 0 aliphatic rings. The van der Waals surface area contributed by atoms with E-state index < -0.39 is 0 Å². The summed E-state index contributed by atoms with van der Waals surface area (Å²) in [6.07, 6.45) is 0. The third kappa shape index (κ3) is 3.50. The van der Waals surface area contributed by atoms with Crippen molar-refractivity contribution in [3.63, 3.8) is 0 Å². The van der Waals surface area contributed by atoms with Crippen molar-refractivity contribution in [2.24, 2.45) is 0 Å². The van der Waals surface area contributed by atoms with Gasteiger partial charge in [-0.1, -0.05) is 19.4 Å². The molecule has 11 heavy (non-hydrogen) atoms. The molecule has 0 spiro atoms. The number of hydrogen-bond donors (Lipinski definition) is 0. The van der Waals surface area contributed by atoms with Crippen LogP contribution in [0.25, 0.3) is 0 Å². The number of hydrogen-bond acceptors (Lipinski definition) is 0. The summed E-state index contributed by atoms with van der Waals surface area (Å²) < 4.78 is 0. The molecule has 1 heteroatoms. The van der Waals surface area contributed by atoms with Crippen LogP contribution in [0.3, 0.4) is 0 Å². The van der Waals surface area contributed by atoms with E-state index in [0.29, 0.717) is 0 Å². The van der Waals surface area contributed by atoms with Gasteiger partial charge in [0.25, 0.3) is 0 Å². The Balaban J connectivity index is 0.000001000. The first-order valence-electron chi connectivity index (χ1n) is 3.57. The quantitative estimate of drug-likeness (QED) is 0.552. The van der Waals surface area contributed by atoms with Gasteiger partial charge in [0, 0.05) is 37.7 Å². The number of rotatable bonds is 1. The largest absolute Gasteiger partial charge is 0.189 e. The van der Waals surface area contributed by atoms with Gasteiger partial charge in [-0.05, 0) is 6.92 Å². The zero-order chi connectivity index (χ0) is 7.56. The SMILES string of the molecule is Cc1ccc([C-](C)C)cc1.[Ho]. The molecule has 0 unspecified atom stereocenters. The van der Waals surface area contributed by atoms with Crippen LogP contribution in [0.4, 0.5) is 0 Å². The van der Waals surface area contributed by atoms with Gasteiger partial charge in [0.15, 0.2) is 0 Å². The Hall–Kier alpha value is 0.350. The molecule has 0 aromatic heterocycles. The van der Waals surface area contributed by atoms with E-state index >= 15 is 0 Å². The van der Waals surface area contributed by atoms with Gasteiger partial charge in [0.05, 0.1) is 0 Å². The van der Waals surface area contributed by atoms with Crippen LogP contribution in [0.5, 0.6) is 0 Å². The average molecular weight is 298 g/mol. The molecule has 0 saturated carbocycles. The zero-order valence-electron chi connectivity index (χ0n) is 7.11. The van der Waals surface area contributed by atoms with E-state index in [1.165, 1.54) is 17.0 Å². The van der Waals surface area contributed by atoms with Crippen LogP contribution >= 0.6 is 0 Å². The Morgan fingerprint density at radius 3 is 1.82 bits per heavy atom. The molecular formula is C10H13Ho-. The summed E-state index contributed by atoms with van der Waals surface area (Å²) in [7, 11) is 0. The Bertz CT molecular complexity index is 199. The summed E-state index contributed by atoms with van der Waals surface area (Å²) in [5.41, 5.74) is 2.66. The van der Waals surface area contributed by atoms with Gasteiger partial charge in [0.1, 0.15) is 0 Å². The van der Waals surface area contributed by atoms with Gasteiger partial charge in [-0.2, -0.15) is 23.6 Å². The minimum absolute atomic E-state index is 0. The van der Waals surface area contributed by atoms with Crippen molar-refractivity contribution in [3.8, 4) is 0 Å². The van der Waals surface area contributed by atoms with Crippen LogP contribution in [0.15, 0.2) is 24.3 Å². The molecule has 1 rings (SSSR count). The van der Waals surface area contributed by atoms with Gasteiger partial charge in [-0.25, -0.2) is 0 Å². The van der Waals surface area contributed by atoms with E-state index in [0.717, 1.165) is 0 Å². The molecule has 1 radical (unpaired) electrons. The van der Waals surface area contributed by atoms with Crippen LogP contribution in [-0.2, 0) is 0 Å². The predicted octanol–water partition coefficient (Wildman–Crippen LogP) is 2.96. The first-order valence-corrected chi connectivity index (χ1v) is 3.57. The van der Waals surface area contributed by atoms with Crippen LogP contribution in [-0.4, -0.2) is 0 Å². The molecule has 1 aromatic carbocycles. The monoisotopic (exact) mass is 298 g/mol. The number of benzene rings is 1. The molecule has 0 aliphatic carbocycles. The molecule has 0 fully saturated rings. The third-order valence-electron chi connectivity index (χ3n) is 1.63. The Kier molecular flexibility index (Phi) is 5.24. The van der Waals surface area contributed by atoms with Crippen molar-refractivity contribution in [1.82, 2.24) is 0 Å². The second-order valence-corrected chi connectivity index (χ2v) is 2.87. The molecule has 65 valence electrons. The molecule has 0 N–H and O–H groups in total. The van der Waals surface area contributed by atoms with E-state index in [2.05, 4.69) is 45.0 Å². The van der Waals surface area contributed by atoms with Crippen molar-refractivity contribution in [1.29, 1.82) is 0 Å². The van der Waals surface area contributed by atoms with Gasteiger partial charge in [-0.3, -0.25) is 0 Å². The Morgan fingerprint density at radius 2 is 1.45 bits per heavy atom. The van der Waals surface area contributed by atoms with Crippen molar-refractivity contribution in [2.75, 3.05) is 0 Å². The molecule has 0 amide bonds. The van der Waals surface area contributed by atoms with Crippen LogP contribution in [0, 0.1) is 50.6 Å². The normalized spacial score (nSPS) is 8.64. The van der Waals surface area contributed by atoms with Gasteiger partial charge < -0.3 is 0 Å². The number of aryl methyl sites for hydroxylation is 1. The van der Waals surface area contributed by atoms with Gasteiger partial charge >= 0.3 is 0 Å². The second kappa shape index (κ2) is 5.08. The van der Waals surface area contributed by atoms with E-state index in [9.17, 15) is 0 Å². The Labute approximate surface area is 99.0 Å². The van der Waals surface area contributed by atoms with E-state index in [1.54, 1.807) is 0 Å². The molecule has 0 atom stereocenters.